The van der Waals surface area contributed by atoms with E-state index >= 15 is 0 Å². The first-order valence-corrected chi connectivity index (χ1v) is 12.7. The van der Waals surface area contributed by atoms with Crippen LogP contribution in [-0.4, -0.2) is 47.8 Å². The van der Waals surface area contributed by atoms with Gasteiger partial charge in [-0.3, -0.25) is 4.90 Å². The molecule has 1 saturated carbocycles. The Hall–Kier alpha value is -2.30. The second-order valence-corrected chi connectivity index (χ2v) is 9.89. The molecule has 1 aliphatic heterocycles. The van der Waals surface area contributed by atoms with Crippen molar-refractivity contribution in [3.8, 4) is 5.75 Å². The van der Waals surface area contributed by atoms with Crippen molar-refractivity contribution in [3.63, 3.8) is 0 Å². The second kappa shape index (κ2) is 11.7. The van der Waals surface area contributed by atoms with Gasteiger partial charge in [-0.05, 0) is 69.4 Å². The summed E-state index contributed by atoms with van der Waals surface area (Å²) in [5.74, 6) is 0.908. The van der Waals surface area contributed by atoms with Crippen LogP contribution in [0.4, 0.5) is 5.69 Å². The van der Waals surface area contributed by atoms with Crippen LogP contribution >= 0.6 is 0 Å². The highest BCUT2D eigenvalue weighted by Crippen LogP contribution is 2.30. The minimum atomic E-state index is -0.138. The van der Waals surface area contributed by atoms with Crippen LogP contribution in [0.25, 0.3) is 0 Å². The van der Waals surface area contributed by atoms with E-state index in [0.29, 0.717) is 18.7 Å². The molecule has 2 fully saturated rings. The second-order valence-electron chi connectivity index (χ2n) is 9.89. The van der Waals surface area contributed by atoms with Gasteiger partial charge in [-0.1, -0.05) is 54.8 Å². The lowest BCUT2D eigenvalue weighted by Gasteiger charge is -2.44. The molecule has 4 nitrogen and oxygen atoms in total. The first kappa shape index (κ1) is 23.8. The fraction of sp³-hybridized carbons (Fsp3) is 0.517. The maximum absolute atomic E-state index is 10.5. The summed E-state index contributed by atoms with van der Waals surface area (Å²) in [4.78, 5) is 5.11. The summed E-state index contributed by atoms with van der Waals surface area (Å²) in [5.41, 5.74) is 3.79. The van der Waals surface area contributed by atoms with Crippen molar-refractivity contribution in [2.75, 3.05) is 24.5 Å². The van der Waals surface area contributed by atoms with Crippen LogP contribution in [0.2, 0.25) is 0 Å². The molecule has 33 heavy (non-hydrogen) atoms. The van der Waals surface area contributed by atoms with E-state index < -0.39 is 0 Å². The molecule has 1 saturated heterocycles. The number of anilines is 1. The van der Waals surface area contributed by atoms with Gasteiger partial charge in [0.1, 0.15) is 12.4 Å². The Labute approximate surface area is 199 Å². The van der Waals surface area contributed by atoms with Gasteiger partial charge in [0.05, 0.1) is 6.10 Å². The third kappa shape index (κ3) is 6.61. The van der Waals surface area contributed by atoms with Crippen LogP contribution in [0.15, 0.2) is 66.2 Å². The molecule has 4 heteroatoms. The standard InChI is InChI=1S/C29H40N2O2/c1-23(2)16-21-31(26-17-19-30(20-18-26)28-10-6-7-11-29(28)32)25-12-14-27(15-13-25)33-22-24-8-4-3-5-9-24/h3-5,8-9,12-16,26,28-29,32H,6-7,10-11,17-22H2,1-2H3. The van der Waals surface area contributed by atoms with Crippen LogP contribution in [-0.2, 0) is 6.61 Å². The number of allylic oxidation sites excluding steroid dienone is 1. The van der Waals surface area contributed by atoms with Crippen molar-refractivity contribution in [2.45, 2.75) is 77.2 Å². The third-order valence-corrected chi connectivity index (χ3v) is 7.22. The van der Waals surface area contributed by atoms with Gasteiger partial charge in [-0.25, -0.2) is 0 Å². The third-order valence-electron chi connectivity index (χ3n) is 7.22. The largest absolute Gasteiger partial charge is 0.489 e. The number of aliphatic hydroxyl groups is 1. The SMILES string of the molecule is CC(C)=CCN(c1ccc(OCc2ccccc2)cc1)C1CCN(C2CCCCC2O)CC1. The Morgan fingerprint density at radius 1 is 0.970 bits per heavy atom. The van der Waals surface area contributed by atoms with E-state index in [1.54, 1.807) is 0 Å². The minimum Gasteiger partial charge on any atom is -0.489 e. The molecule has 2 aromatic rings. The monoisotopic (exact) mass is 448 g/mol. The molecule has 0 bridgehead atoms. The summed E-state index contributed by atoms with van der Waals surface area (Å²) in [6.45, 7) is 8.03. The van der Waals surface area contributed by atoms with Crippen molar-refractivity contribution in [2.24, 2.45) is 0 Å². The number of aliphatic hydroxyl groups excluding tert-OH is 1. The highest BCUT2D eigenvalue weighted by molar-refractivity contribution is 5.51. The first-order valence-electron chi connectivity index (χ1n) is 12.7. The summed E-state index contributed by atoms with van der Waals surface area (Å²) < 4.78 is 6.00. The Morgan fingerprint density at radius 2 is 1.67 bits per heavy atom. The van der Waals surface area contributed by atoms with E-state index in [0.717, 1.165) is 51.1 Å². The van der Waals surface area contributed by atoms with E-state index in [1.807, 2.05) is 18.2 Å². The highest BCUT2D eigenvalue weighted by atomic mass is 16.5. The highest BCUT2D eigenvalue weighted by Gasteiger charge is 2.32. The van der Waals surface area contributed by atoms with Crippen LogP contribution in [0, 0.1) is 0 Å². The van der Waals surface area contributed by atoms with E-state index in [9.17, 15) is 5.11 Å². The summed E-state index contributed by atoms with van der Waals surface area (Å²) in [6.07, 6.45) is 9.03. The lowest BCUT2D eigenvalue weighted by Crippen LogP contribution is -2.52. The smallest absolute Gasteiger partial charge is 0.119 e. The number of nitrogens with zero attached hydrogens (tertiary/aromatic N) is 2. The zero-order valence-electron chi connectivity index (χ0n) is 20.3. The molecule has 178 valence electrons. The molecule has 1 N–H and O–H groups in total. The summed E-state index contributed by atoms with van der Waals surface area (Å²) in [5, 5.41) is 10.5. The zero-order chi connectivity index (χ0) is 23.0. The van der Waals surface area contributed by atoms with Gasteiger partial charge in [-0.2, -0.15) is 0 Å². The Kier molecular flexibility index (Phi) is 8.46. The Bertz CT molecular complexity index is 868. The van der Waals surface area contributed by atoms with Crippen LogP contribution in [0.3, 0.4) is 0 Å². The molecule has 2 unspecified atom stereocenters. The molecule has 1 heterocycles. The fourth-order valence-electron chi connectivity index (χ4n) is 5.27. The van der Waals surface area contributed by atoms with Gasteiger partial charge in [0, 0.05) is 37.4 Å². The maximum atomic E-state index is 10.5. The Morgan fingerprint density at radius 3 is 2.33 bits per heavy atom. The van der Waals surface area contributed by atoms with Crippen LogP contribution in [0.1, 0.15) is 57.9 Å². The lowest BCUT2D eigenvalue weighted by molar-refractivity contribution is 0.00876. The fourth-order valence-corrected chi connectivity index (χ4v) is 5.27. The molecule has 1 aliphatic carbocycles. The molecule has 2 aromatic carbocycles. The summed E-state index contributed by atoms with van der Waals surface area (Å²) in [6, 6.07) is 19.8. The van der Waals surface area contributed by atoms with Crippen molar-refractivity contribution >= 4 is 5.69 Å². The van der Waals surface area contributed by atoms with Crippen molar-refractivity contribution in [1.29, 1.82) is 0 Å². The predicted octanol–water partition coefficient (Wildman–Crippen LogP) is 5.81. The number of likely N-dealkylation sites (tertiary alicyclic amines) is 1. The van der Waals surface area contributed by atoms with Crippen molar-refractivity contribution in [1.82, 2.24) is 4.90 Å². The van der Waals surface area contributed by atoms with E-state index in [2.05, 4.69) is 66.1 Å². The quantitative estimate of drug-likeness (QED) is 0.517. The zero-order valence-corrected chi connectivity index (χ0v) is 20.3. The van der Waals surface area contributed by atoms with Crippen LogP contribution < -0.4 is 9.64 Å². The number of hydrogen-bond acceptors (Lipinski definition) is 4. The predicted molar refractivity (Wildman–Crippen MR) is 137 cm³/mol. The van der Waals surface area contributed by atoms with Gasteiger partial charge < -0.3 is 14.7 Å². The van der Waals surface area contributed by atoms with E-state index in [1.165, 1.54) is 29.7 Å². The summed E-state index contributed by atoms with van der Waals surface area (Å²) >= 11 is 0. The Balaban J connectivity index is 1.39. The number of benzene rings is 2. The number of hydrogen-bond donors (Lipinski definition) is 1. The van der Waals surface area contributed by atoms with Crippen LogP contribution in [0.5, 0.6) is 5.75 Å². The van der Waals surface area contributed by atoms with Gasteiger partial charge in [0.2, 0.25) is 0 Å². The molecule has 0 radical (unpaired) electrons. The van der Waals surface area contributed by atoms with Crippen molar-refractivity contribution in [3.05, 3.63) is 71.8 Å². The number of ether oxygens (including phenoxy) is 1. The van der Waals surface area contributed by atoms with Gasteiger partial charge in [0.25, 0.3) is 0 Å². The first-order chi connectivity index (χ1) is 16.1. The molecular formula is C29H40N2O2. The average molecular weight is 449 g/mol. The van der Waals surface area contributed by atoms with E-state index in [4.69, 9.17) is 4.74 Å². The van der Waals surface area contributed by atoms with Crippen molar-refractivity contribution < 1.29 is 9.84 Å². The normalized spacial score (nSPS) is 22.0. The average Bonchev–Trinajstić information content (AvgIpc) is 2.85. The molecule has 2 atom stereocenters. The molecule has 0 spiro atoms. The summed E-state index contributed by atoms with van der Waals surface area (Å²) in [7, 11) is 0. The number of piperidine rings is 1. The molecule has 0 aromatic heterocycles. The maximum Gasteiger partial charge on any atom is 0.119 e. The molecule has 4 rings (SSSR count). The van der Waals surface area contributed by atoms with E-state index in [-0.39, 0.29) is 6.10 Å². The molecule has 0 amide bonds. The minimum absolute atomic E-state index is 0.138. The van der Waals surface area contributed by atoms with Gasteiger partial charge >= 0.3 is 0 Å². The topological polar surface area (TPSA) is 35.9 Å². The van der Waals surface area contributed by atoms with Gasteiger partial charge in [0.15, 0.2) is 0 Å². The molecule has 2 aliphatic rings. The molecular weight excluding hydrogens is 408 g/mol. The lowest BCUT2D eigenvalue weighted by atomic mass is 9.89. The van der Waals surface area contributed by atoms with Gasteiger partial charge in [-0.15, -0.1) is 0 Å². The number of rotatable bonds is 8.